The van der Waals surface area contributed by atoms with E-state index in [0.717, 1.165) is 5.56 Å². The molecule has 0 heterocycles. The number of methoxy groups -OCH3 is 1. The van der Waals surface area contributed by atoms with Crippen molar-refractivity contribution < 1.29 is 24.2 Å². The predicted octanol–water partition coefficient (Wildman–Crippen LogP) is 2.33. The molecule has 7 nitrogen and oxygen atoms in total. The average molecular weight is 400 g/mol. The molecule has 0 saturated carbocycles. The number of anilines is 1. The minimum absolute atomic E-state index is 0.0217. The number of halogens is 1. The van der Waals surface area contributed by atoms with Crippen LogP contribution in [0.5, 0.6) is 11.5 Å². The predicted molar refractivity (Wildman–Crippen MR) is 102 cm³/mol. The van der Waals surface area contributed by atoms with Crippen LogP contribution in [0.1, 0.15) is 11.1 Å². The third-order valence-electron chi connectivity index (χ3n) is 3.66. The highest BCUT2D eigenvalue weighted by molar-refractivity contribution is 6.32. The molecule has 0 bridgehead atoms. The van der Waals surface area contributed by atoms with Gasteiger partial charge in [0, 0.05) is 5.69 Å². The number of benzene rings is 2. The zero-order valence-corrected chi connectivity index (χ0v) is 15.9. The number of carboxylic acid groups (broad SMARTS) is 1. The Morgan fingerprint density at radius 2 is 2.04 bits per heavy atom. The minimum Gasteiger partial charge on any atom is -0.546 e. The topological polar surface area (TPSA) is 111 Å². The van der Waals surface area contributed by atoms with Crippen LogP contribution in [0.4, 0.5) is 5.69 Å². The van der Waals surface area contributed by atoms with Gasteiger partial charge in [-0.2, -0.15) is 5.26 Å². The Balaban J connectivity index is 2.32. The number of ether oxygens (including phenoxy) is 2. The number of carbonyl (C=O) groups is 2. The van der Waals surface area contributed by atoms with E-state index in [1.54, 1.807) is 12.1 Å². The summed E-state index contributed by atoms with van der Waals surface area (Å²) in [5, 5.41) is 22.7. The van der Waals surface area contributed by atoms with Crippen LogP contribution in [0, 0.1) is 18.3 Å². The summed E-state index contributed by atoms with van der Waals surface area (Å²) in [5.41, 5.74) is 1.70. The van der Waals surface area contributed by atoms with Crippen molar-refractivity contribution in [1.82, 2.24) is 0 Å². The first kappa shape index (κ1) is 20.8. The molecule has 0 atom stereocenters. The Morgan fingerprint density at radius 1 is 1.32 bits per heavy atom. The lowest BCUT2D eigenvalue weighted by Gasteiger charge is -2.13. The maximum atomic E-state index is 12.4. The number of para-hydroxylation sites is 1. The van der Waals surface area contributed by atoms with E-state index in [1.807, 2.05) is 25.1 Å². The fourth-order valence-electron chi connectivity index (χ4n) is 2.31. The Kier molecular flexibility index (Phi) is 7.02. The molecule has 0 aliphatic carbocycles. The number of nitriles is 1. The number of nitrogens with zero attached hydrogens (tertiary/aromatic N) is 1. The maximum Gasteiger partial charge on any atom is 0.266 e. The van der Waals surface area contributed by atoms with Crippen molar-refractivity contribution in [2.24, 2.45) is 0 Å². The fraction of sp³-hybridized carbons (Fsp3) is 0.150. The van der Waals surface area contributed by atoms with Gasteiger partial charge in [0.1, 0.15) is 18.2 Å². The number of carbonyl (C=O) groups excluding carboxylic acids is 2. The van der Waals surface area contributed by atoms with Crippen LogP contribution >= 0.6 is 11.6 Å². The van der Waals surface area contributed by atoms with E-state index in [4.69, 9.17) is 21.1 Å². The zero-order chi connectivity index (χ0) is 20.7. The van der Waals surface area contributed by atoms with Crippen molar-refractivity contribution in [1.29, 1.82) is 5.26 Å². The fourth-order valence-corrected chi connectivity index (χ4v) is 2.59. The van der Waals surface area contributed by atoms with Crippen LogP contribution in [0.3, 0.4) is 0 Å². The van der Waals surface area contributed by atoms with Gasteiger partial charge in [0.15, 0.2) is 11.5 Å². The Labute approximate surface area is 166 Å². The number of carboxylic acids is 1. The number of aliphatic carboxylic acids is 1. The summed E-state index contributed by atoms with van der Waals surface area (Å²) < 4.78 is 10.2. The van der Waals surface area contributed by atoms with Gasteiger partial charge in [0.25, 0.3) is 5.91 Å². The standard InChI is InChI=1S/C20H17ClN2O5/c1-12-5-3-4-6-16(12)23-20(26)14(10-22)7-13-8-15(21)19(17(9-13)27-2)28-11-18(24)25/h3-9H,11H2,1-2H3,(H,23,26)(H,24,25)/p-1/b14-7+. The molecule has 1 N–H and O–H groups in total. The minimum atomic E-state index is -1.42. The van der Waals surface area contributed by atoms with Gasteiger partial charge >= 0.3 is 0 Å². The van der Waals surface area contributed by atoms with Crippen LogP contribution in [-0.4, -0.2) is 25.6 Å². The van der Waals surface area contributed by atoms with Crippen LogP contribution in [0.15, 0.2) is 42.0 Å². The number of aryl methyl sites for hydroxylation is 1. The molecule has 2 aromatic rings. The molecule has 2 aromatic carbocycles. The van der Waals surface area contributed by atoms with Crippen molar-refractivity contribution in [3.05, 3.63) is 58.1 Å². The molecule has 8 heteroatoms. The third-order valence-corrected chi connectivity index (χ3v) is 3.94. The van der Waals surface area contributed by atoms with Crippen LogP contribution in [0.25, 0.3) is 6.08 Å². The quantitative estimate of drug-likeness (QED) is 0.565. The lowest BCUT2D eigenvalue weighted by atomic mass is 10.1. The third kappa shape index (κ3) is 5.25. The van der Waals surface area contributed by atoms with E-state index in [9.17, 15) is 20.0 Å². The summed E-state index contributed by atoms with van der Waals surface area (Å²) in [6, 6.07) is 11.9. The van der Waals surface area contributed by atoms with Crippen LogP contribution in [0.2, 0.25) is 5.02 Å². The summed E-state index contributed by atoms with van der Waals surface area (Å²) in [6.07, 6.45) is 1.34. The molecule has 0 saturated heterocycles. The van der Waals surface area contributed by atoms with Crippen molar-refractivity contribution >= 4 is 35.2 Å². The summed E-state index contributed by atoms with van der Waals surface area (Å²) in [4.78, 5) is 23.0. The molecule has 0 unspecified atom stereocenters. The van der Waals surface area contributed by atoms with E-state index in [-0.39, 0.29) is 22.1 Å². The van der Waals surface area contributed by atoms with Gasteiger partial charge in [-0.05, 0) is 42.3 Å². The van der Waals surface area contributed by atoms with E-state index in [1.165, 1.54) is 25.3 Å². The first-order valence-corrected chi connectivity index (χ1v) is 8.42. The molecule has 2 rings (SSSR count). The van der Waals surface area contributed by atoms with Gasteiger partial charge in [-0.15, -0.1) is 0 Å². The second-order valence-corrected chi connectivity index (χ2v) is 6.04. The second kappa shape index (κ2) is 9.44. The second-order valence-electron chi connectivity index (χ2n) is 5.63. The number of hydrogen-bond donors (Lipinski definition) is 1. The molecule has 0 aromatic heterocycles. The molecule has 1 amide bonds. The SMILES string of the molecule is COc1cc(/C=C(\C#N)C(=O)Nc2ccccc2C)cc(Cl)c1OCC(=O)[O-]. The van der Waals surface area contributed by atoms with E-state index in [0.29, 0.717) is 11.3 Å². The lowest BCUT2D eigenvalue weighted by molar-refractivity contribution is -0.307. The zero-order valence-electron chi connectivity index (χ0n) is 15.1. The van der Waals surface area contributed by atoms with Crippen LogP contribution in [-0.2, 0) is 9.59 Å². The van der Waals surface area contributed by atoms with Gasteiger partial charge in [-0.1, -0.05) is 29.8 Å². The molecule has 0 aliphatic rings. The average Bonchev–Trinajstić information content (AvgIpc) is 2.66. The molecule has 144 valence electrons. The first-order chi connectivity index (χ1) is 13.3. The van der Waals surface area contributed by atoms with Crippen LogP contribution < -0.4 is 19.9 Å². The van der Waals surface area contributed by atoms with E-state index < -0.39 is 18.5 Å². The Hall–Kier alpha value is -3.50. The van der Waals surface area contributed by atoms with Gasteiger partial charge in [-0.3, -0.25) is 4.79 Å². The summed E-state index contributed by atoms with van der Waals surface area (Å²) in [7, 11) is 1.35. The summed E-state index contributed by atoms with van der Waals surface area (Å²) >= 11 is 6.12. The largest absolute Gasteiger partial charge is 0.546 e. The number of hydrogen-bond acceptors (Lipinski definition) is 6. The van der Waals surface area contributed by atoms with Crippen molar-refractivity contribution in [3.8, 4) is 17.6 Å². The molecule has 0 spiro atoms. The molecule has 0 aliphatic heterocycles. The summed E-state index contributed by atoms with van der Waals surface area (Å²) in [5.74, 6) is -1.82. The number of rotatable bonds is 7. The highest BCUT2D eigenvalue weighted by Gasteiger charge is 2.15. The molecule has 0 fully saturated rings. The lowest BCUT2D eigenvalue weighted by Crippen LogP contribution is -2.29. The molecular formula is C20H16ClN2O5-. The van der Waals surface area contributed by atoms with Gasteiger partial charge < -0.3 is 24.7 Å². The summed E-state index contributed by atoms with van der Waals surface area (Å²) in [6.45, 7) is 1.13. The monoisotopic (exact) mass is 399 g/mol. The van der Waals surface area contributed by atoms with Gasteiger partial charge in [0.05, 0.1) is 18.1 Å². The van der Waals surface area contributed by atoms with Crippen molar-refractivity contribution in [2.75, 3.05) is 19.0 Å². The number of amides is 1. The van der Waals surface area contributed by atoms with Gasteiger partial charge in [0.2, 0.25) is 0 Å². The normalized spacial score (nSPS) is 10.7. The van der Waals surface area contributed by atoms with E-state index in [2.05, 4.69) is 5.32 Å². The maximum absolute atomic E-state index is 12.4. The van der Waals surface area contributed by atoms with Gasteiger partial charge in [-0.25, -0.2) is 0 Å². The molecular weight excluding hydrogens is 384 g/mol. The number of nitrogens with one attached hydrogen (secondary N) is 1. The van der Waals surface area contributed by atoms with E-state index >= 15 is 0 Å². The highest BCUT2D eigenvalue weighted by Crippen LogP contribution is 2.37. The molecule has 0 radical (unpaired) electrons. The molecule has 28 heavy (non-hydrogen) atoms. The van der Waals surface area contributed by atoms with Crippen molar-refractivity contribution in [2.45, 2.75) is 6.92 Å². The first-order valence-electron chi connectivity index (χ1n) is 8.04. The Bertz CT molecular complexity index is 979. The smallest absolute Gasteiger partial charge is 0.266 e. The Morgan fingerprint density at radius 3 is 2.64 bits per heavy atom. The highest BCUT2D eigenvalue weighted by atomic mass is 35.5. The van der Waals surface area contributed by atoms with Crippen molar-refractivity contribution in [3.63, 3.8) is 0 Å².